The maximum atomic E-state index is 13.0. The highest BCUT2D eigenvalue weighted by Gasteiger charge is 2.71. The minimum absolute atomic E-state index is 0.0714. The lowest BCUT2D eigenvalue weighted by Gasteiger charge is -2.36. The van der Waals surface area contributed by atoms with Crippen LogP contribution in [-0.4, -0.2) is 64.6 Å². The van der Waals surface area contributed by atoms with Crippen molar-refractivity contribution in [1.29, 1.82) is 0 Å². The molecular weight excluding hydrogens is 460 g/mol. The molecule has 0 saturated heterocycles. The average molecular weight is 479 g/mol. The van der Waals surface area contributed by atoms with Crippen LogP contribution in [0.25, 0.3) is 0 Å². The molecule has 0 spiro atoms. The Bertz CT molecular complexity index is 917. The molecule has 0 radical (unpaired) electrons. The van der Waals surface area contributed by atoms with Crippen LogP contribution in [0.15, 0.2) is 46.9 Å². The second kappa shape index (κ2) is 8.24. The van der Waals surface area contributed by atoms with Gasteiger partial charge in [0.15, 0.2) is 9.84 Å². The van der Waals surface area contributed by atoms with Crippen molar-refractivity contribution in [2.45, 2.75) is 42.1 Å². The Labute approximate surface area is 171 Å². The third-order valence-corrected chi connectivity index (χ3v) is 7.65. The number of aliphatic hydroxyl groups is 1. The monoisotopic (exact) mass is 479 g/mol. The third-order valence-electron chi connectivity index (χ3n) is 4.78. The van der Waals surface area contributed by atoms with Crippen molar-refractivity contribution in [3.63, 3.8) is 0 Å². The Hall–Kier alpha value is -1.44. The summed E-state index contributed by atoms with van der Waals surface area (Å²) in [5.41, 5.74) is -6.35. The van der Waals surface area contributed by atoms with Crippen LogP contribution >= 0.6 is 0 Å². The number of nitrogens with zero attached hydrogens (tertiary/aromatic N) is 1. The topological polar surface area (TPSA) is 74.7 Å². The van der Waals surface area contributed by atoms with Gasteiger partial charge in [-0.25, -0.2) is 16.9 Å². The van der Waals surface area contributed by atoms with E-state index in [1.165, 1.54) is 29.6 Å². The van der Waals surface area contributed by atoms with Crippen LogP contribution in [0, 0.1) is 0 Å². The van der Waals surface area contributed by atoms with Gasteiger partial charge in [0.25, 0.3) is 5.60 Å². The van der Waals surface area contributed by atoms with Crippen molar-refractivity contribution in [2.75, 3.05) is 13.3 Å². The summed E-state index contributed by atoms with van der Waals surface area (Å²) in [5.74, 6) is 0. The van der Waals surface area contributed by atoms with Gasteiger partial charge in [-0.05, 0) is 24.5 Å². The standard InChI is InChI=1S/C17H19F6NO4S2/c1-24(29(26)13-7-9-14(10-8-13)30(2,27)28)12-5-3-11(4-6-12)15(25,16(18,19)20)17(21,22)23/h3-5,7,9-10,12-13,25H,6,8H2,1-2H3. The van der Waals surface area contributed by atoms with E-state index in [0.29, 0.717) is 12.2 Å². The van der Waals surface area contributed by atoms with E-state index in [1.807, 2.05) is 0 Å². The van der Waals surface area contributed by atoms with E-state index in [4.69, 9.17) is 0 Å². The summed E-state index contributed by atoms with van der Waals surface area (Å²) in [6, 6.07) is -0.783. The summed E-state index contributed by atoms with van der Waals surface area (Å²) in [7, 11) is -3.78. The summed E-state index contributed by atoms with van der Waals surface area (Å²) in [6.07, 6.45) is -4.84. The predicted molar refractivity (Wildman–Crippen MR) is 99.1 cm³/mol. The van der Waals surface area contributed by atoms with Crippen LogP contribution in [0.5, 0.6) is 0 Å². The maximum absolute atomic E-state index is 13.0. The Balaban J connectivity index is 2.14. The van der Waals surface area contributed by atoms with Gasteiger partial charge in [0, 0.05) is 19.3 Å². The number of hydrogen-bond donors (Lipinski definition) is 1. The van der Waals surface area contributed by atoms with Gasteiger partial charge in [0.05, 0.1) is 10.2 Å². The van der Waals surface area contributed by atoms with Gasteiger partial charge in [0.1, 0.15) is 11.0 Å². The van der Waals surface area contributed by atoms with Gasteiger partial charge >= 0.3 is 12.4 Å². The van der Waals surface area contributed by atoms with Gasteiger partial charge in [-0.2, -0.15) is 26.3 Å². The Kier molecular flexibility index (Phi) is 6.82. The summed E-state index contributed by atoms with van der Waals surface area (Å²) in [4.78, 5) is 0.0714. The molecule has 0 aromatic rings. The molecule has 3 atom stereocenters. The highest BCUT2D eigenvalue weighted by Crippen LogP contribution is 2.48. The first-order valence-electron chi connectivity index (χ1n) is 8.46. The van der Waals surface area contributed by atoms with Gasteiger partial charge < -0.3 is 5.11 Å². The van der Waals surface area contributed by atoms with E-state index in [2.05, 4.69) is 0 Å². The third kappa shape index (κ3) is 4.73. The number of sulfone groups is 1. The Morgan fingerprint density at radius 1 is 1.03 bits per heavy atom. The fraction of sp³-hybridized carbons (Fsp3) is 0.529. The quantitative estimate of drug-likeness (QED) is 0.616. The SMILES string of the molecule is CN(C1C=CC(C(O)(C(F)(F)F)C(F)(F)F)=CC1)S(=O)C1C=CC(S(C)(=O)=O)=CC1. The molecule has 0 heterocycles. The largest absolute Gasteiger partial charge is 0.430 e. The van der Waals surface area contributed by atoms with E-state index < -0.39 is 55.6 Å². The molecule has 5 nitrogen and oxygen atoms in total. The molecule has 0 aromatic carbocycles. The highest BCUT2D eigenvalue weighted by atomic mass is 32.2. The molecule has 2 aliphatic rings. The molecular formula is C17H19F6NO4S2. The molecule has 1 N–H and O–H groups in total. The lowest BCUT2D eigenvalue weighted by Crippen LogP contribution is -2.58. The van der Waals surface area contributed by atoms with Gasteiger partial charge in [-0.3, -0.25) is 0 Å². The van der Waals surface area contributed by atoms with E-state index in [1.54, 1.807) is 0 Å². The number of rotatable bonds is 5. The van der Waals surface area contributed by atoms with Crippen molar-refractivity contribution < 1.29 is 44.1 Å². The van der Waals surface area contributed by atoms with Crippen molar-refractivity contribution in [1.82, 2.24) is 4.31 Å². The first kappa shape index (κ1) is 24.8. The fourth-order valence-corrected chi connectivity index (χ4v) is 5.04. The normalized spacial score (nSPS) is 24.6. The first-order chi connectivity index (χ1) is 13.5. The molecule has 0 amide bonds. The van der Waals surface area contributed by atoms with Gasteiger partial charge in [-0.15, -0.1) is 0 Å². The zero-order valence-corrected chi connectivity index (χ0v) is 17.4. The Morgan fingerprint density at radius 3 is 1.97 bits per heavy atom. The summed E-state index contributed by atoms with van der Waals surface area (Å²) in [5, 5.41) is 8.82. The van der Waals surface area contributed by atoms with Crippen LogP contribution < -0.4 is 0 Å². The van der Waals surface area contributed by atoms with Crippen LogP contribution in [0.3, 0.4) is 0 Å². The first-order valence-corrected chi connectivity index (χ1v) is 11.5. The number of allylic oxidation sites excluding steroid dienone is 2. The number of likely N-dealkylation sites (N-methyl/N-ethyl adjacent to an activating group) is 1. The smallest absolute Gasteiger partial charge is 0.370 e. The number of hydrogen-bond acceptors (Lipinski definition) is 4. The predicted octanol–water partition coefficient (Wildman–Crippen LogP) is 2.95. The zero-order valence-electron chi connectivity index (χ0n) is 15.7. The Morgan fingerprint density at radius 2 is 1.60 bits per heavy atom. The second-order valence-electron chi connectivity index (χ2n) is 6.86. The van der Waals surface area contributed by atoms with Crippen LogP contribution in [0.1, 0.15) is 12.8 Å². The molecule has 13 heteroatoms. The molecule has 30 heavy (non-hydrogen) atoms. The van der Waals surface area contributed by atoms with E-state index in [0.717, 1.165) is 12.3 Å². The molecule has 0 aliphatic heterocycles. The molecule has 0 fully saturated rings. The average Bonchev–Trinajstić information content (AvgIpc) is 2.64. The molecule has 2 rings (SSSR count). The van der Waals surface area contributed by atoms with Gasteiger partial charge in [-0.1, -0.05) is 30.4 Å². The summed E-state index contributed by atoms with van der Waals surface area (Å²) < 4.78 is 115. The fourth-order valence-electron chi connectivity index (χ4n) is 2.99. The van der Waals surface area contributed by atoms with Crippen LogP contribution in [0.4, 0.5) is 26.3 Å². The minimum atomic E-state index is -5.97. The lowest BCUT2D eigenvalue weighted by atomic mass is 9.87. The van der Waals surface area contributed by atoms with Crippen molar-refractivity contribution >= 4 is 20.8 Å². The zero-order chi connectivity index (χ0) is 23.1. The lowest BCUT2D eigenvalue weighted by molar-refractivity contribution is -0.351. The highest BCUT2D eigenvalue weighted by molar-refractivity contribution is 7.94. The molecule has 0 aromatic heterocycles. The summed E-state index contributed by atoms with van der Waals surface area (Å²) >= 11 is 0. The number of halogens is 6. The molecule has 3 unspecified atom stereocenters. The molecule has 0 saturated carbocycles. The molecule has 2 aliphatic carbocycles. The van der Waals surface area contributed by atoms with Crippen molar-refractivity contribution in [2.24, 2.45) is 0 Å². The number of alkyl halides is 6. The van der Waals surface area contributed by atoms with Crippen molar-refractivity contribution in [3.05, 3.63) is 46.9 Å². The molecule has 0 bridgehead atoms. The van der Waals surface area contributed by atoms with E-state index >= 15 is 0 Å². The second-order valence-corrected chi connectivity index (χ2v) is 10.6. The van der Waals surface area contributed by atoms with Crippen LogP contribution in [-0.2, 0) is 20.8 Å². The summed E-state index contributed by atoms with van der Waals surface area (Å²) in [6.45, 7) is 0. The van der Waals surface area contributed by atoms with Gasteiger partial charge in [0.2, 0.25) is 0 Å². The van der Waals surface area contributed by atoms with E-state index in [-0.39, 0.29) is 17.7 Å². The van der Waals surface area contributed by atoms with Crippen molar-refractivity contribution in [3.8, 4) is 0 Å². The molecule has 170 valence electrons. The maximum Gasteiger partial charge on any atom is 0.430 e. The van der Waals surface area contributed by atoms with E-state index in [9.17, 15) is 44.1 Å². The minimum Gasteiger partial charge on any atom is -0.370 e. The van der Waals surface area contributed by atoms with Crippen LogP contribution in [0.2, 0.25) is 0 Å².